The van der Waals surface area contributed by atoms with E-state index in [9.17, 15) is 0 Å². The Balaban J connectivity index is 1.81. The zero-order valence-electron chi connectivity index (χ0n) is 12.6. The van der Waals surface area contributed by atoms with Crippen molar-refractivity contribution < 1.29 is 0 Å². The van der Waals surface area contributed by atoms with Gasteiger partial charge in [-0.1, -0.05) is 19.4 Å². The lowest BCUT2D eigenvalue weighted by molar-refractivity contribution is 0.488. The van der Waals surface area contributed by atoms with Crippen LogP contribution in [0.25, 0.3) is 0 Å². The van der Waals surface area contributed by atoms with Gasteiger partial charge in [0.25, 0.3) is 0 Å². The molecule has 1 atom stereocenters. The molecule has 0 aromatic carbocycles. The maximum absolute atomic E-state index is 4.86. The van der Waals surface area contributed by atoms with E-state index in [2.05, 4.69) is 40.9 Å². The Bertz CT molecular complexity index is 565. The molecule has 0 saturated carbocycles. The van der Waals surface area contributed by atoms with E-state index < -0.39 is 0 Å². The summed E-state index contributed by atoms with van der Waals surface area (Å²) in [7, 11) is 0. The fourth-order valence-corrected chi connectivity index (χ4v) is 3.64. The first-order chi connectivity index (χ1) is 10.4. The van der Waals surface area contributed by atoms with Crippen molar-refractivity contribution in [2.75, 3.05) is 6.54 Å². The van der Waals surface area contributed by atoms with Crippen molar-refractivity contribution >= 4 is 11.3 Å². The maximum atomic E-state index is 4.86. The molecule has 2 heterocycles. The summed E-state index contributed by atoms with van der Waals surface area (Å²) < 4.78 is 0. The topological polar surface area (TPSA) is 37.8 Å². The van der Waals surface area contributed by atoms with E-state index >= 15 is 0 Å². The Morgan fingerprint density at radius 2 is 2.33 bits per heavy atom. The summed E-state index contributed by atoms with van der Waals surface area (Å²) in [5, 5.41) is 5.77. The molecule has 0 spiro atoms. The van der Waals surface area contributed by atoms with Crippen molar-refractivity contribution in [2.24, 2.45) is 0 Å². The van der Waals surface area contributed by atoms with Crippen molar-refractivity contribution in [1.29, 1.82) is 0 Å². The van der Waals surface area contributed by atoms with Crippen LogP contribution in [0.3, 0.4) is 0 Å². The van der Waals surface area contributed by atoms with Crippen molar-refractivity contribution in [3.05, 3.63) is 45.7 Å². The average molecular weight is 301 g/mol. The monoisotopic (exact) mass is 301 g/mol. The van der Waals surface area contributed by atoms with Crippen LogP contribution in [0, 0.1) is 0 Å². The molecule has 0 radical (unpaired) electrons. The van der Waals surface area contributed by atoms with Gasteiger partial charge in [0.15, 0.2) is 0 Å². The first-order valence-corrected chi connectivity index (χ1v) is 8.85. The van der Waals surface area contributed by atoms with E-state index in [0.717, 1.165) is 25.2 Å². The van der Waals surface area contributed by atoms with E-state index in [1.807, 2.05) is 0 Å². The van der Waals surface area contributed by atoms with E-state index in [-0.39, 0.29) is 0 Å². The first-order valence-electron chi connectivity index (χ1n) is 7.97. The number of nitrogens with zero attached hydrogens (tertiary/aromatic N) is 2. The molecule has 0 aliphatic heterocycles. The van der Waals surface area contributed by atoms with Gasteiger partial charge >= 0.3 is 0 Å². The molecule has 1 aliphatic carbocycles. The lowest BCUT2D eigenvalue weighted by Crippen LogP contribution is -2.23. The second kappa shape index (κ2) is 7.14. The third-order valence-electron chi connectivity index (χ3n) is 4.03. The van der Waals surface area contributed by atoms with Gasteiger partial charge in [-0.25, -0.2) is 9.97 Å². The Morgan fingerprint density at radius 1 is 1.38 bits per heavy atom. The zero-order valence-corrected chi connectivity index (χ0v) is 13.5. The molecule has 0 fully saturated rings. The smallest absolute Gasteiger partial charge is 0.133 e. The molecule has 2 aromatic heterocycles. The van der Waals surface area contributed by atoms with Crippen LogP contribution in [0.5, 0.6) is 0 Å². The highest BCUT2D eigenvalue weighted by Gasteiger charge is 2.20. The summed E-state index contributed by atoms with van der Waals surface area (Å²) in [5.74, 6) is 0.965. The van der Waals surface area contributed by atoms with Crippen molar-refractivity contribution in [1.82, 2.24) is 15.3 Å². The number of thiophene rings is 1. The lowest BCUT2D eigenvalue weighted by Gasteiger charge is -2.18. The lowest BCUT2D eigenvalue weighted by atomic mass is 10.0. The highest BCUT2D eigenvalue weighted by Crippen LogP contribution is 2.27. The van der Waals surface area contributed by atoms with Crippen molar-refractivity contribution in [3.8, 4) is 0 Å². The number of nitrogens with one attached hydrogen (secondary N) is 1. The van der Waals surface area contributed by atoms with Crippen LogP contribution in [0.15, 0.2) is 23.7 Å². The fourth-order valence-electron chi connectivity index (χ4n) is 2.94. The van der Waals surface area contributed by atoms with Crippen LogP contribution in [0.1, 0.15) is 60.6 Å². The van der Waals surface area contributed by atoms with Gasteiger partial charge in [0.1, 0.15) is 5.82 Å². The number of fused-ring (bicyclic) bond motifs is 1. The molecule has 1 unspecified atom stereocenters. The molecule has 112 valence electrons. The summed E-state index contributed by atoms with van der Waals surface area (Å²) in [5.41, 5.74) is 2.60. The summed E-state index contributed by atoms with van der Waals surface area (Å²) in [6.45, 7) is 3.28. The number of aromatic nitrogens is 2. The average Bonchev–Trinajstić information content (AvgIpc) is 2.92. The Labute approximate surface area is 130 Å². The predicted octanol–water partition coefficient (Wildman–Crippen LogP) is 3.90. The number of aryl methyl sites for hydroxylation is 1. The summed E-state index contributed by atoms with van der Waals surface area (Å²) in [4.78, 5) is 10.8. The SMILES string of the molecule is CCCNC1CCCCc2nc(Cc3cccs3)ncc21. The third kappa shape index (κ3) is 3.69. The van der Waals surface area contributed by atoms with Gasteiger partial charge in [0.2, 0.25) is 0 Å². The van der Waals surface area contributed by atoms with Crippen LogP contribution >= 0.6 is 11.3 Å². The molecule has 3 rings (SSSR count). The summed E-state index contributed by atoms with van der Waals surface area (Å²) in [6, 6.07) is 4.69. The quantitative estimate of drug-likeness (QED) is 0.851. The van der Waals surface area contributed by atoms with Crippen molar-refractivity contribution in [2.45, 2.75) is 51.5 Å². The molecule has 21 heavy (non-hydrogen) atoms. The molecular weight excluding hydrogens is 278 g/mol. The molecular formula is C17H23N3S. The molecule has 1 N–H and O–H groups in total. The fraction of sp³-hybridized carbons (Fsp3) is 0.529. The highest BCUT2D eigenvalue weighted by molar-refractivity contribution is 7.09. The second-order valence-electron chi connectivity index (χ2n) is 5.70. The van der Waals surface area contributed by atoms with E-state index in [1.165, 1.54) is 41.8 Å². The van der Waals surface area contributed by atoms with Gasteiger partial charge in [-0.3, -0.25) is 0 Å². The maximum Gasteiger partial charge on any atom is 0.133 e. The number of hydrogen-bond donors (Lipinski definition) is 1. The molecule has 2 aromatic rings. The Morgan fingerprint density at radius 3 is 3.14 bits per heavy atom. The standard InChI is InChI=1S/C17H23N3S/c1-2-9-18-15-7-3-4-8-16-14(15)12-19-17(20-16)11-13-6-5-10-21-13/h5-6,10,12,15,18H,2-4,7-9,11H2,1H3. The van der Waals surface area contributed by atoms with Gasteiger partial charge in [0, 0.05) is 34.8 Å². The van der Waals surface area contributed by atoms with E-state index in [1.54, 1.807) is 11.3 Å². The minimum Gasteiger partial charge on any atom is -0.310 e. The second-order valence-corrected chi connectivity index (χ2v) is 6.73. The highest BCUT2D eigenvalue weighted by atomic mass is 32.1. The zero-order chi connectivity index (χ0) is 14.5. The van der Waals surface area contributed by atoms with E-state index in [4.69, 9.17) is 4.98 Å². The molecule has 0 bridgehead atoms. The van der Waals surface area contributed by atoms with Crippen LogP contribution in [0.4, 0.5) is 0 Å². The number of rotatable bonds is 5. The summed E-state index contributed by atoms with van der Waals surface area (Å²) >= 11 is 1.78. The Kier molecular flexibility index (Phi) is 4.99. The van der Waals surface area contributed by atoms with Gasteiger partial charge in [-0.05, 0) is 43.7 Å². The molecule has 0 saturated heterocycles. The van der Waals surface area contributed by atoms with Crippen LogP contribution in [-0.2, 0) is 12.8 Å². The number of hydrogen-bond acceptors (Lipinski definition) is 4. The van der Waals surface area contributed by atoms with Crippen LogP contribution < -0.4 is 5.32 Å². The molecule has 0 amide bonds. The molecule has 3 nitrogen and oxygen atoms in total. The normalized spacial score (nSPS) is 18.2. The van der Waals surface area contributed by atoms with Crippen LogP contribution in [-0.4, -0.2) is 16.5 Å². The minimum absolute atomic E-state index is 0.443. The third-order valence-corrected chi connectivity index (χ3v) is 4.91. The largest absolute Gasteiger partial charge is 0.310 e. The molecule has 1 aliphatic rings. The van der Waals surface area contributed by atoms with Gasteiger partial charge in [-0.15, -0.1) is 11.3 Å². The minimum atomic E-state index is 0.443. The van der Waals surface area contributed by atoms with Gasteiger partial charge < -0.3 is 5.32 Å². The van der Waals surface area contributed by atoms with Gasteiger partial charge in [-0.2, -0.15) is 0 Å². The summed E-state index contributed by atoms with van der Waals surface area (Å²) in [6.07, 6.45) is 8.93. The van der Waals surface area contributed by atoms with Crippen LogP contribution in [0.2, 0.25) is 0 Å². The first kappa shape index (κ1) is 14.7. The van der Waals surface area contributed by atoms with E-state index in [0.29, 0.717) is 6.04 Å². The van der Waals surface area contributed by atoms with Crippen molar-refractivity contribution in [3.63, 3.8) is 0 Å². The predicted molar refractivity (Wildman–Crippen MR) is 87.7 cm³/mol. The molecule has 4 heteroatoms. The van der Waals surface area contributed by atoms with Gasteiger partial charge in [0.05, 0.1) is 0 Å². The Hall–Kier alpha value is -1.26.